The first-order valence-corrected chi connectivity index (χ1v) is 14.2. The average molecular weight is 447 g/mol. The van der Waals surface area contributed by atoms with Gasteiger partial charge in [0.15, 0.2) is 0 Å². The molecule has 0 aromatic carbocycles. The molecule has 188 valence electrons. The summed E-state index contributed by atoms with van der Waals surface area (Å²) in [5, 5.41) is 0. The van der Waals surface area contributed by atoms with Crippen molar-refractivity contribution in [1.82, 2.24) is 0 Å². The predicted octanol–water partition coefficient (Wildman–Crippen LogP) is 9.01. The van der Waals surface area contributed by atoms with Gasteiger partial charge >= 0.3 is 0 Å². The molecule has 0 aliphatic carbocycles. The Morgan fingerprint density at radius 3 is 1.78 bits per heavy atom. The molecule has 32 heavy (non-hydrogen) atoms. The molecule has 0 radical (unpaired) electrons. The molecule has 0 aliphatic heterocycles. The first-order chi connectivity index (χ1) is 15.8. The lowest BCUT2D eigenvalue weighted by Crippen LogP contribution is -2.06. The van der Waals surface area contributed by atoms with Gasteiger partial charge in [-0.05, 0) is 83.2 Å². The maximum absolute atomic E-state index is 5.69. The van der Waals surface area contributed by atoms with Crippen molar-refractivity contribution in [3.05, 3.63) is 36.0 Å². The summed E-state index contributed by atoms with van der Waals surface area (Å²) in [5.41, 5.74) is 13.1. The van der Waals surface area contributed by atoms with Crippen LogP contribution < -0.4 is 11.5 Å². The van der Waals surface area contributed by atoms with Gasteiger partial charge < -0.3 is 11.5 Å². The van der Waals surface area contributed by atoms with E-state index in [1.807, 2.05) is 0 Å². The van der Waals surface area contributed by atoms with E-state index in [0.29, 0.717) is 0 Å². The summed E-state index contributed by atoms with van der Waals surface area (Å²) in [5.74, 6) is 0.752. The minimum atomic E-state index is 0.752. The highest BCUT2D eigenvalue weighted by Gasteiger charge is 2.13. The van der Waals surface area contributed by atoms with E-state index in [4.69, 9.17) is 11.5 Å². The summed E-state index contributed by atoms with van der Waals surface area (Å²) in [6.07, 6.45) is 36.4. The number of nitrogens with two attached hydrogens (primary N) is 2. The van der Waals surface area contributed by atoms with Crippen molar-refractivity contribution in [1.29, 1.82) is 0 Å². The van der Waals surface area contributed by atoms with Crippen LogP contribution in [0.1, 0.15) is 136 Å². The minimum absolute atomic E-state index is 0.752. The molecule has 0 fully saturated rings. The van der Waals surface area contributed by atoms with Crippen LogP contribution in [0, 0.1) is 5.92 Å². The van der Waals surface area contributed by atoms with Gasteiger partial charge in [0.05, 0.1) is 0 Å². The third-order valence-electron chi connectivity index (χ3n) is 6.43. The molecule has 0 aliphatic rings. The minimum Gasteiger partial charge on any atom is -0.330 e. The molecule has 0 bridgehead atoms. The Hall–Kier alpha value is -0.860. The van der Waals surface area contributed by atoms with E-state index in [9.17, 15) is 0 Å². The number of rotatable bonds is 24. The fraction of sp³-hybridized carbons (Fsp3) is 0.800. The second kappa shape index (κ2) is 26.4. The fourth-order valence-corrected chi connectivity index (χ4v) is 4.31. The van der Waals surface area contributed by atoms with E-state index < -0.39 is 0 Å². The lowest BCUT2D eigenvalue weighted by molar-refractivity contribution is 0.462. The normalized spacial score (nSPS) is 13.6. The molecule has 4 N–H and O–H groups in total. The zero-order valence-electron chi connectivity index (χ0n) is 22.0. The van der Waals surface area contributed by atoms with Gasteiger partial charge in [-0.2, -0.15) is 0 Å². The van der Waals surface area contributed by atoms with Crippen LogP contribution >= 0.6 is 0 Å². The Balaban J connectivity index is 4.94. The average Bonchev–Trinajstić information content (AvgIpc) is 2.80. The topological polar surface area (TPSA) is 52.0 Å². The van der Waals surface area contributed by atoms with Crippen LogP contribution in [0.3, 0.4) is 0 Å². The van der Waals surface area contributed by atoms with Gasteiger partial charge in [-0.25, -0.2) is 0 Å². The van der Waals surface area contributed by atoms with E-state index in [2.05, 4.69) is 44.2 Å². The summed E-state index contributed by atoms with van der Waals surface area (Å²) in [4.78, 5) is 0. The van der Waals surface area contributed by atoms with Crippen LogP contribution in [0.15, 0.2) is 36.0 Å². The standard InChI is InChI=1S/C30H58N2/c1-3-5-7-9-11-17-23-29(25-19-13-15-21-27-31)30(26-20-14-16-22-28-32)24-18-12-10-8-6-4-2/h9-12,23,30H,3-8,13-22,24-28,31-32H2,1-2H3/b11-9+,12-10+,29-23-. The Bertz CT molecular complexity index is 450. The van der Waals surface area contributed by atoms with Gasteiger partial charge in [0.25, 0.3) is 0 Å². The lowest BCUT2D eigenvalue weighted by Gasteiger charge is -2.21. The van der Waals surface area contributed by atoms with Gasteiger partial charge in [-0.15, -0.1) is 0 Å². The van der Waals surface area contributed by atoms with Crippen LogP contribution in [-0.4, -0.2) is 13.1 Å². The molecule has 0 spiro atoms. The van der Waals surface area contributed by atoms with Crippen LogP contribution in [-0.2, 0) is 0 Å². The van der Waals surface area contributed by atoms with Gasteiger partial charge in [0.2, 0.25) is 0 Å². The van der Waals surface area contributed by atoms with Crippen molar-refractivity contribution < 1.29 is 0 Å². The van der Waals surface area contributed by atoms with Crippen LogP contribution in [0.4, 0.5) is 0 Å². The Kier molecular flexibility index (Phi) is 25.7. The molecule has 0 saturated heterocycles. The number of hydrogen-bond donors (Lipinski definition) is 2. The molecule has 0 aromatic rings. The van der Waals surface area contributed by atoms with Crippen molar-refractivity contribution in [2.45, 2.75) is 136 Å². The summed E-state index contributed by atoms with van der Waals surface area (Å²) in [7, 11) is 0. The predicted molar refractivity (Wildman–Crippen MR) is 147 cm³/mol. The highest BCUT2D eigenvalue weighted by Crippen LogP contribution is 2.29. The zero-order chi connectivity index (χ0) is 23.5. The monoisotopic (exact) mass is 446 g/mol. The Morgan fingerprint density at radius 2 is 1.16 bits per heavy atom. The van der Waals surface area contributed by atoms with E-state index >= 15 is 0 Å². The third-order valence-corrected chi connectivity index (χ3v) is 6.43. The summed E-state index contributed by atoms with van der Waals surface area (Å²) < 4.78 is 0. The molecule has 0 amide bonds. The lowest BCUT2D eigenvalue weighted by atomic mass is 9.85. The zero-order valence-corrected chi connectivity index (χ0v) is 22.0. The van der Waals surface area contributed by atoms with E-state index in [-0.39, 0.29) is 0 Å². The fourth-order valence-electron chi connectivity index (χ4n) is 4.31. The second-order valence-electron chi connectivity index (χ2n) is 9.46. The molecule has 0 saturated carbocycles. The van der Waals surface area contributed by atoms with Gasteiger partial charge in [0, 0.05) is 0 Å². The summed E-state index contributed by atoms with van der Waals surface area (Å²) in [6.45, 7) is 6.21. The molecule has 1 atom stereocenters. The molecule has 1 unspecified atom stereocenters. The van der Waals surface area contributed by atoms with Gasteiger partial charge in [-0.3, -0.25) is 0 Å². The van der Waals surface area contributed by atoms with E-state index in [1.54, 1.807) is 5.57 Å². The Labute approximate surface area is 202 Å². The van der Waals surface area contributed by atoms with Crippen molar-refractivity contribution in [2.24, 2.45) is 17.4 Å². The summed E-state index contributed by atoms with van der Waals surface area (Å²) in [6, 6.07) is 0. The largest absolute Gasteiger partial charge is 0.330 e. The summed E-state index contributed by atoms with van der Waals surface area (Å²) >= 11 is 0. The van der Waals surface area contributed by atoms with E-state index in [1.165, 1.54) is 116 Å². The second-order valence-corrected chi connectivity index (χ2v) is 9.46. The molecule has 0 aromatic heterocycles. The van der Waals surface area contributed by atoms with Crippen molar-refractivity contribution in [2.75, 3.05) is 13.1 Å². The molecular formula is C30H58N2. The molecule has 2 nitrogen and oxygen atoms in total. The maximum atomic E-state index is 5.69. The smallest absolute Gasteiger partial charge is 0.00773 e. The molecule has 0 heterocycles. The Morgan fingerprint density at radius 1 is 0.594 bits per heavy atom. The first kappa shape index (κ1) is 31.1. The molecule has 0 rings (SSSR count). The highest BCUT2D eigenvalue weighted by atomic mass is 14.5. The SMILES string of the molecule is CCCC/C=C/C/C=C(/CCCCCCN)C(CC/C=C/CCCC)CCCCCCN. The third kappa shape index (κ3) is 21.0. The highest BCUT2D eigenvalue weighted by molar-refractivity contribution is 5.10. The number of hydrogen-bond acceptors (Lipinski definition) is 2. The van der Waals surface area contributed by atoms with Crippen molar-refractivity contribution in [3.63, 3.8) is 0 Å². The van der Waals surface area contributed by atoms with Crippen LogP contribution in [0.2, 0.25) is 0 Å². The van der Waals surface area contributed by atoms with E-state index in [0.717, 1.165) is 25.4 Å². The first-order valence-electron chi connectivity index (χ1n) is 14.2. The number of unbranched alkanes of at least 4 members (excludes halogenated alkanes) is 10. The molecular weight excluding hydrogens is 388 g/mol. The number of allylic oxidation sites excluding steroid dienone is 6. The van der Waals surface area contributed by atoms with Crippen LogP contribution in [0.5, 0.6) is 0 Å². The van der Waals surface area contributed by atoms with Crippen molar-refractivity contribution >= 4 is 0 Å². The van der Waals surface area contributed by atoms with Gasteiger partial charge in [-0.1, -0.05) is 108 Å². The molecule has 2 heteroatoms. The quantitative estimate of drug-likeness (QED) is 0.115. The van der Waals surface area contributed by atoms with Crippen LogP contribution in [0.25, 0.3) is 0 Å². The van der Waals surface area contributed by atoms with Gasteiger partial charge in [0.1, 0.15) is 0 Å². The maximum Gasteiger partial charge on any atom is -0.00773 e. The van der Waals surface area contributed by atoms with Crippen molar-refractivity contribution in [3.8, 4) is 0 Å².